The topological polar surface area (TPSA) is 59.8 Å². The largest absolute Gasteiger partial charge is 0.359 e. The van der Waals surface area contributed by atoms with Crippen molar-refractivity contribution in [3.63, 3.8) is 0 Å². The molecule has 1 aromatic carbocycles. The molecular weight excluding hydrogens is 204 g/mol. The highest BCUT2D eigenvalue weighted by Crippen LogP contribution is 2.05. The molecule has 0 aliphatic carbocycles. The van der Waals surface area contributed by atoms with Gasteiger partial charge in [-0.1, -0.05) is 23.4 Å². The van der Waals surface area contributed by atoms with E-state index in [4.69, 9.17) is 0 Å². The van der Waals surface area contributed by atoms with Gasteiger partial charge in [0.2, 0.25) is 5.91 Å². The molecule has 1 N–H and O–H groups in total. The van der Waals surface area contributed by atoms with Gasteiger partial charge < -0.3 is 5.32 Å². The average Bonchev–Trinajstić information content (AvgIpc) is 2.78. The summed E-state index contributed by atoms with van der Waals surface area (Å²) >= 11 is 0. The van der Waals surface area contributed by atoms with Crippen LogP contribution in [0.3, 0.4) is 0 Å². The van der Waals surface area contributed by atoms with E-state index in [0.29, 0.717) is 5.69 Å². The number of nitrogens with one attached hydrogen (secondary N) is 1. The van der Waals surface area contributed by atoms with E-state index in [1.807, 2.05) is 30.3 Å². The first-order valence-electron chi connectivity index (χ1n) is 4.97. The fourth-order valence-corrected chi connectivity index (χ4v) is 1.34. The smallest absolute Gasteiger partial charge is 0.225 e. The maximum absolute atomic E-state index is 11.1. The molecule has 0 saturated heterocycles. The Morgan fingerprint density at radius 3 is 2.81 bits per heavy atom. The van der Waals surface area contributed by atoms with Gasteiger partial charge in [0, 0.05) is 7.05 Å². The van der Waals surface area contributed by atoms with Crippen molar-refractivity contribution in [2.45, 2.75) is 6.42 Å². The summed E-state index contributed by atoms with van der Waals surface area (Å²) in [7, 11) is 1.60. The van der Waals surface area contributed by atoms with Gasteiger partial charge in [-0.25, -0.2) is 4.68 Å². The van der Waals surface area contributed by atoms with Crippen molar-refractivity contribution < 1.29 is 4.79 Å². The minimum absolute atomic E-state index is 0.0693. The lowest BCUT2D eigenvalue weighted by atomic mass is 10.3. The normalized spacial score (nSPS) is 10.1. The van der Waals surface area contributed by atoms with Crippen molar-refractivity contribution in [3.05, 3.63) is 42.2 Å². The Morgan fingerprint density at radius 2 is 2.12 bits per heavy atom. The van der Waals surface area contributed by atoms with Crippen LogP contribution in [0.2, 0.25) is 0 Å². The fourth-order valence-electron chi connectivity index (χ4n) is 1.34. The van der Waals surface area contributed by atoms with Crippen LogP contribution in [0.15, 0.2) is 36.5 Å². The van der Waals surface area contributed by atoms with Gasteiger partial charge in [0.05, 0.1) is 24.0 Å². The van der Waals surface area contributed by atoms with E-state index in [1.54, 1.807) is 17.9 Å². The number of benzene rings is 1. The molecule has 5 nitrogen and oxygen atoms in total. The monoisotopic (exact) mass is 216 g/mol. The molecule has 0 spiro atoms. The Bertz CT molecular complexity index is 478. The van der Waals surface area contributed by atoms with E-state index in [2.05, 4.69) is 15.6 Å². The molecule has 0 atom stereocenters. The molecule has 1 heterocycles. The molecule has 16 heavy (non-hydrogen) atoms. The standard InChI is InChI=1S/C11H12N4O/c1-12-11(16)7-9-8-15(14-13-9)10-5-3-2-4-6-10/h2-6,8H,7H2,1H3,(H,12,16). The number of hydrogen-bond acceptors (Lipinski definition) is 3. The van der Waals surface area contributed by atoms with Gasteiger partial charge in [0.25, 0.3) is 0 Å². The molecule has 0 radical (unpaired) electrons. The van der Waals surface area contributed by atoms with E-state index < -0.39 is 0 Å². The van der Waals surface area contributed by atoms with Crippen LogP contribution in [0.1, 0.15) is 5.69 Å². The van der Waals surface area contributed by atoms with Gasteiger partial charge in [-0.05, 0) is 12.1 Å². The summed E-state index contributed by atoms with van der Waals surface area (Å²) in [5, 5.41) is 10.4. The zero-order chi connectivity index (χ0) is 11.4. The molecule has 2 rings (SSSR count). The Hall–Kier alpha value is -2.17. The van der Waals surface area contributed by atoms with Crippen molar-refractivity contribution in [2.75, 3.05) is 7.05 Å². The number of para-hydroxylation sites is 1. The van der Waals surface area contributed by atoms with Crippen molar-refractivity contribution in [1.29, 1.82) is 0 Å². The van der Waals surface area contributed by atoms with Gasteiger partial charge in [-0.2, -0.15) is 0 Å². The fraction of sp³-hybridized carbons (Fsp3) is 0.182. The molecule has 0 saturated carbocycles. The van der Waals surface area contributed by atoms with Crippen molar-refractivity contribution in [1.82, 2.24) is 20.3 Å². The zero-order valence-corrected chi connectivity index (χ0v) is 8.92. The lowest BCUT2D eigenvalue weighted by Crippen LogP contribution is -2.20. The Labute approximate surface area is 93.1 Å². The third kappa shape index (κ3) is 2.25. The quantitative estimate of drug-likeness (QED) is 0.815. The maximum Gasteiger partial charge on any atom is 0.225 e. The first-order valence-corrected chi connectivity index (χ1v) is 4.97. The second-order valence-corrected chi connectivity index (χ2v) is 3.34. The van der Waals surface area contributed by atoms with E-state index in [-0.39, 0.29) is 12.3 Å². The van der Waals surface area contributed by atoms with Crippen LogP contribution in [-0.2, 0) is 11.2 Å². The summed E-state index contributed by atoms with van der Waals surface area (Å²) in [5.74, 6) is -0.0693. The van der Waals surface area contributed by atoms with Crippen LogP contribution in [0, 0.1) is 0 Å². The number of amides is 1. The summed E-state index contributed by atoms with van der Waals surface area (Å²) in [6.07, 6.45) is 2.01. The van der Waals surface area contributed by atoms with Crippen LogP contribution < -0.4 is 5.32 Å². The van der Waals surface area contributed by atoms with Gasteiger partial charge in [-0.15, -0.1) is 5.10 Å². The van der Waals surface area contributed by atoms with E-state index in [0.717, 1.165) is 5.69 Å². The van der Waals surface area contributed by atoms with Gasteiger partial charge in [0.15, 0.2) is 0 Å². The third-order valence-corrected chi connectivity index (χ3v) is 2.18. The predicted molar refractivity (Wildman–Crippen MR) is 59.1 cm³/mol. The number of nitrogens with zero attached hydrogens (tertiary/aromatic N) is 3. The van der Waals surface area contributed by atoms with Gasteiger partial charge >= 0.3 is 0 Å². The Kier molecular flexibility index (Phi) is 2.95. The predicted octanol–water partition coefficient (Wildman–Crippen LogP) is 0.556. The summed E-state index contributed by atoms with van der Waals surface area (Å²) in [5.41, 5.74) is 1.58. The van der Waals surface area contributed by atoms with Crippen LogP contribution in [0.4, 0.5) is 0 Å². The molecule has 0 unspecified atom stereocenters. The van der Waals surface area contributed by atoms with E-state index in [1.165, 1.54) is 0 Å². The van der Waals surface area contributed by atoms with Gasteiger partial charge in [0.1, 0.15) is 0 Å². The average molecular weight is 216 g/mol. The Morgan fingerprint density at radius 1 is 1.38 bits per heavy atom. The van der Waals surface area contributed by atoms with Crippen LogP contribution in [-0.4, -0.2) is 27.9 Å². The second-order valence-electron chi connectivity index (χ2n) is 3.34. The third-order valence-electron chi connectivity index (χ3n) is 2.18. The molecule has 0 fully saturated rings. The van der Waals surface area contributed by atoms with Crippen LogP contribution in [0.5, 0.6) is 0 Å². The first kappa shape index (κ1) is 10.4. The second kappa shape index (κ2) is 4.57. The minimum atomic E-state index is -0.0693. The summed E-state index contributed by atoms with van der Waals surface area (Å²) < 4.78 is 1.65. The van der Waals surface area contributed by atoms with Crippen molar-refractivity contribution in [3.8, 4) is 5.69 Å². The molecular formula is C11H12N4O. The van der Waals surface area contributed by atoms with E-state index in [9.17, 15) is 4.79 Å². The Balaban J connectivity index is 2.17. The molecule has 0 bridgehead atoms. The molecule has 82 valence electrons. The highest BCUT2D eigenvalue weighted by atomic mass is 16.1. The van der Waals surface area contributed by atoms with Gasteiger partial charge in [-0.3, -0.25) is 4.79 Å². The van der Waals surface area contributed by atoms with E-state index >= 15 is 0 Å². The molecule has 0 aliphatic heterocycles. The molecule has 2 aromatic rings. The van der Waals surface area contributed by atoms with Crippen LogP contribution in [0.25, 0.3) is 5.69 Å². The number of carbonyl (C=O) groups excluding carboxylic acids is 1. The lowest BCUT2D eigenvalue weighted by molar-refractivity contribution is -0.120. The molecule has 1 amide bonds. The summed E-state index contributed by atoms with van der Waals surface area (Å²) in [4.78, 5) is 11.1. The molecule has 1 aromatic heterocycles. The summed E-state index contributed by atoms with van der Waals surface area (Å²) in [6, 6.07) is 9.65. The number of likely N-dealkylation sites (N-methyl/N-ethyl adjacent to an activating group) is 1. The molecule has 5 heteroatoms. The number of rotatable bonds is 3. The van der Waals surface area contributed by atoms with Crippen molar-refractivity contribution in [2.24, 2.45) is 0 Å². The van der Waals surface area contributed by atoms with Crippen LogP contribution >= 0.6 is 0 Å². The van der Waals surface area contributed by atoms with Crippen molar-refractivity contribution >= 4 is 5.91 Å². The number of aromatic nitrogens is 3. The highest BCUT2D eigenvalue weighted by Gasteiger charge is 2.06. The zero-order valence-electron chi connectivity index (χ0n) is 8.92. The lowest BCUT2D eigenvalue weighted by Gasteiger charge is -1.97. The minimum Gasteiger partial charge on any atom is -0.359 e. The molecule has 0 aliphatic rings. The number of hydrogen-bond donors (Lipinski definition) is 1. The summed E-state index contributed by atoms with van der Waals surface area (Å²) in [6.45, 7) is 0. The SMILES string of the molecule is CNC(=O)Cc1cn(-c2ccccc2)nn1. The number of carbonyl (C=O) groups is 1. The maximum atomic E-state index is 11.1. The first-order chi connectivity index (χ1) is 7.79. The highest BCUT2D eigenvalue weighted by molar-refractivity contribution is 5.77.